The Labute approximate surface area is 269 Å². The van der Waals surface area contributed by atoms with E-state index in [4.69, 9.17) is 25.8 Å². The second kappa shape index (κ2) is 12.6. The lowest BCUT2D eigenvalue weighted by molar-refractivity contribution is 0.0582. The molecule has 1 N–H and O–H groups in total. The molecule has 1 heterocycles. The Balaban J connectivity index is 1.27. The van der Waals surface area contributed by atoms with Crippen molar-refractivity contribution in [3.63, 3.8) is 0 Å². The van der Waals surface area contributed by atoms with Gasteiger partial charge in [-0.25, -0.2) is 9.59 Å². The SMILES string of the molecule is CCCCOc1cc2c(c3ccc(NC(=O)OCC4c5ccccc5-c5ccccc54)cc13)C(CCl)CN2C(=O)OC(C)(C)C. The largest absolute Gasteiger partial charge is 0.493 e. The maximum atomic E-state index is 13.2. The number of carbonyl (C=O) groups excluding carboxylic acids is 2. The highest BCUT2D eigenvalue weighted by atomic mass is 35.5. The van der Waals surface area contributed by atoms with Gasteiger partial charge >= 0.3 is 12.2 Å². The number of hydrogen-bond acceptors (Lipinski definition) is 5. The quantitative estimate of drug-likeness (QED) is 0.156. The number of unbranched alkanes of at least 4 members (excludes halogenated alkanes) is 1. The van der Waals surface area contributed by atoms with E-state index in [9.17, 15) is 9.59 Å². The van der Waals surface area contributed by atoms with Crippen molar-refractivity contribution in [2.45, 2.75) is 58.0 Å². The van der Waals surface area contributed by atoms with Gasteiger partial charge in [0.25, 0.3) is 0 Å². The molecule has 1 aliphatic carbocycles. The molecular weight excluding hydrogens is 588 g/mol. The van der Waals surface area contributed by atoms with Gasteiger partial charge in [0.2, 0.25) is 0 Å². The van der Waals surface area contributed by atoms with Crippen LogP contribution in [-0.4, -0.2) is 43.4 Å². The second-order valence-electron chi connectivity index (χ2n) is 12.7. The third kappa shape index (κ3) is 6.19. The van der Waals surface area contributed by atoms with Crippen molar-refractivity contribution in [2.75, 3.05) is 35.9 Å². The number of halogens is 1. The zero-order valence-corrected chi connectivity index (χ0v) is 26.9. The predicted octanol–water partition coefficient (Wildman–Crippen LogP) is 9.46. The zero-order valence-electron chi connectivity index (χ0n) is 26.2. The summed E-state index contributed by atoms with van der Waals surface area (Å²) >= 11 is 6.45. The van der Waals surface area contributed by atoms with Crippen LogP contribution in [0.15, 0.2) is 72.8 Å². The monoisotopic (exact) mass is 626 g/mol. The number of benzene rings is 4. The molecule has 2 amide bonds. The minimum Gasteiger partial charge on any atom is -0.493 e. The standard InChI is InChI=1S/C37H39ClN2O5/c1-5-6-17-43-33-19-32-34(23(20-38)21-40(32)36(42)45-37(2,3)4)29-16-15-24(18-30(29)33)39-35(41)44-22-31-27-13-9-7-11-25(27)26-12-8-10-14-28(26)31/h7-16,18-19,23,31H,5-6,17,20-22H2,1-4H3,(H,39,41). The molecule has 0 bridgehead atoms. The number of hydrogen-bond donors (Lipinski definition) is 1. The Bertz CT molecular complexity index is 1700. The minimum absolute atomic E-state index is 0.0266. The van der Waals surface area contributed by atoms with Crippen LogP contribution in [0.25, 0.3) is 21.9 Å². The number of fused-ring (bicyclic) bond motifs is 6. The lowest BCUT2D eigenvalue weighted by Crippen LogP contribution is -2.36. The summed E-state index contributed by atoms with van der Waals surface area (Å²) in [6.07, 6.45) is 0.927. The van der Waals surface area contributed by atoms with Crippen LogP contribution >= 0.6 is 11.6 Å². The van der Waals surface area contributed by atoms with E-state index in [1.165, 1.54) is 11.1 Å². The van der Waals surface area contributed by atoms with Crippen LogP contribution in [0.1, 0.15) is 69.1 Å². The summed E-state index contributed by atoms with van der Waals surface area (Å²) in [5.41, 5.74) is 6.36. The van der Waals surface area contributed by atoms with E-state index in [1.807, 2.05) is 69.3 Å². The van der Waals surface area contributed by atoms with Crippen LogP contribution in [0.4, 0.5) is 21.0 Å². The molecule has 4 aromatic carbocycles. The van der Waals surface area contributed by atoms with Crippen LogP contribution in [0.2, 0.25) is 0 Å². The minimum atomic E-state index is -0.632. The maximum Gasteiger partial charge on any atom is 0.414 e. The number of amides is 2. The van der Waals surface area contributed by atoms with Crippen LogP contribution < -0.4 is 15.0 Å². The summed E-state index contributed by atoms with van der Waals surface area (Å²) in [7, 11) is 0. The summed E-state index contributed by atoms with van der Waals surface area (Å²) < 4.78 is 17.8. The molecule has 7 nitrogen and oxygen atoms in total. The first-order chi connectivity index (χ1) is 21.7. The molecule has 0 radical (unpaired) electrons. The lowest BCUT2D eigenvalue weighted by Gasteiger charge is -2.25. The van der Waals surface area contributed by atoms with Crippen molar-refractivity contribution in [3.05, 3.63) is 89.5 Å². The molecule has 1 aliphatic heterocycles. The van der Waals surface area contributed by atoms with Gasteiger partial charge in [-0.2, -0.15) is 0 Å². The first-order valence-electron chi connectivity index (χ1n) is 15.6. The molecule has 2 aliphatic rings. The van der Waals surface area contributed by atoms with Crippen molar-refractivity contribution in [3.8, 4) is 16.9 Å². The van der Waals surface area contributed by atoms with Gasteiger partial charge in [-0.15, -0.1) is 11.6 Å². The third-order valence-corrected chi connectivity index (χ3v) is 8.74. The number of nitrogens with zero attached hydrogens (tertiary/aromatic N) is 1. The molecule has 8 heteroatoms. The van der Waals surface area contributed by atoms with E-state index in [1.54, 1.807) is 4.90 Å². The van der Waals surface area contributed by atoms with E-state index in [2.05, 4.69) is 36.5 Å². The summed E-state index contributed by atoms with van der Waals surface area (Å²) in [6, 6.07) is 24.1. The average Bonchev–Trinajstić information content (AvgIpc) is 3.55. The van der Waals surface area contributed by atoms with Crippen molar-refractivity contribution in [1.29, 1.82) is 0 Å². The van der Waals surface area contributed by atoms with Crippen molar-refractivity contribution < 1.29 is 23.8 Å². The topological polar surface area (TPSA) is 77.1 Å². The fraction of sp³-hybridized carbons (Fsp3) is 0.351. The van der Waals surface area contributed by atoms with Gasteiger partial charge in [-0.1, -0.05) is 67.9 Å². The number of alkyl halides is 1. The molecule has 1 unspecified atom stereocenters. The fourth-order valence-electron chi connectivity index (χ4n) is 6.35. The van der Waals surface area contributed by atoms with E-state index in [0.29, 0.717) is 30.5 Å². The van der Waals surface area contributed by atoms with Gasteiger partial charge < -0.3 is 14.2 Å². The van der Waals surface area contributed by atoms with E-state index in [0.717, 1.165) is 46.0 Å². The van der Waals surface area contributed by atoms with Crippen LogP contribution in [-0.2, 0) is 9.47 Å². The van der Waals surface area contributed by atoms with Crippen LogP contribution in [0.3, 0.4) is 0 Å². The second-order valence-corrected chi connectivity index (χ2v) is 13.0. The van der Waals surface area contributed by atoms with E-state index < -0.39 is 17.8 Å². The highest BCUT2D eigenvalue weighted by Gasteiger charge is 2.37. The summed E-state index contributed by atoms with van der Waals surface area (Å²) in [4.78, 5) is 28.0. The van der Waals surface area contributed by atoms with Gasteiger partial charge in [0.15, 0.2) is 0 Å². The summed E-state index contributed by atoms with van der Waals surface area (Å²) in [6.45, 7) is 8.84. The number of carbonyl (C=O) groups is 2. The van der Waals surface area contributed by atoms with Crippen molar-refractivity contribution in [1.82, 2.24) is 0 Å². The highest BCUT2D eigenvalue weighted by molar-refractivity contribution is 6.19. The molecule has 0 fully saturated rings. The Hall–Kier alpha value is -4.23. The molecule has 6 rings (SSSR count). The lowest BCUT2D eigenvalue weighted by atomic mass is 9.95. The Morgan fingerprint density at radius 2 is 1.64 bits per heavy atom. The molecule has 234 valence electrons. The first kappa shape index (κ1) is 30.8. The molecule has 45 heavy (non-hydrogen) atoms. The summed E-state index contributed by atoms with van der Waals surface area (Å²) in [5.74, 6) is 0.873. The van der Waals surface area contributed by atoms with Gasteiger partial charge in [0.1, 0.15) is 18.0 Å². The molecule has 0 saturated heterocycles. The third-order valence-electron chi connectivity index (χ3n) is 8.37. The normalized spacial score (nSPS) is 15.4. The Morgan fingerprint density at radius 3 is 2.29 bits per heavy atom. The predicted molar refractivity (Wildman–Crippen MR) is 180 cm³/mol. The molecule has 0 aromatic heterocycles. The molecule has 0 spiro atoms. The van der Waals surface area contributed by atoms with Crippen molar-refractivity contribution >= 4 is 45.9 Å². The Kier molecular flexibility index (Phi) is 8.65. The highest BCUT2D eigenvalue weighted by Crippen LogP contribution is 2.47. The van der Waals surface area contributed by atoms with Gasteiger partial charge in [0.05, 0.1) is 12.3 Å². The molecule has 4 aromatic rings. The maximum absolute atomic E-state index is 13.2. The fourth-order valence-corrected chi connectivity index (χ4v) is 6.61. The van der Waals surface area contributed by atoms with Crippen molar-refractivity contribution in [2.24, 2.45) is 0 Å². The smallest absolute Gasteiger partial charge is 0.414 e. The Morgan fingerprint density at radius 1 is 0.956 bits per heavy atom. The number of rotatable bonds is 8. The van der Waals surface area contributed by atoms with E-state index in [-0.39, 0.29) is 18.4 Å². The first-order valence-corrected chi connectivity index (χ1v) is 16.1. The number of nitrogens with one attached hydrogen (secondary N) is 1. The number of ether oxygens (including phenoxy) is 3. The average molecular weight is 627 g/mol. The summed E-state index contributed by atoms with van der Waals surface area (Å²) in [5, 5.41) is 4.68. The van der Waals surface area contributed by atoms with E-state index >= 15 is 0 Å². The van der Waals surface area contributed by atoms with Gasteiger partial charge in [0, 0.05) is 41.4 Å². The van der Waals surface area contributed by atoms with Crippen LogP contribution in [0, 0.1) is 0 Å². The molecule has 0 saturated carbocycles. The molecular formula is C37H39ClN2O5. The van der Waals surface area contributed by atoms with Gasteiger partial charge in [-0.3, -0.25) is 10.2 Å². The number of anilines is 2. The van der Waals surface area contributed by atoms with Crippen LogP contribution in [0.5, 0.6) is 5.75 Å². The van der Waals surface area contributed by atoms with Gasteiger partial charge in [-0.05, 0) is 72.5 Å². The molecule has 1 atom stereocenters. The zero-order chi connectivity index (χ0) is 31.7.